The zero-order valence-electron chi connectivity index (χ0n) is 35.9. The number of hydrogen-bond acceptors (Lipinski definition) is 0. The Hall–Kier alpha value is -5.98. The summed E-state index contributed by atoms with van der Waals surface area (Å²) in [5.74, 6) is 0. The van der Waals surface area contributed by atoms with Crippen LogP contribution in [0, 0.1) is 0 Å². The minimum Gasteiger partial charge on any atom is -0.0619 e. The Labute approximate surface area is 350 Å². The molecule has 0 saturated carbocycles. The molecule has 11 rings (SSSR count). The van der Waals surface area contributed by atoms with E-state index in [9.17, 15) is 0 Å². The van der Waals surface area contributed by atoms with Crippen LogP contribution in [0.1, 0.15) is 101 Å². The smallest absolute Gasteiger partial charge is 0.0159 e. The van der Waals surface area contributed by atoms with Crippen LogP contribution in [0.3, 0.4) is 0 Å². The van der Waals surface area contributed by atoms with Gasteiger partial charge in [0, 0.05) is 16.2 Å². The summed E-state index contributed by atoms with van der Waals surface area (Å²) in [6.07, 6.45) is 0. The predicted molar refractivity (Wildman–Crippen MR) is 252 cm³/mol. The Morgan fingerprint density at radius 1 is 0.288 bits per heavy atom. The fraction of sp³-hybridized carbons (Fsp3) is 0.220. The Kier molecular flexibility index (Phi) is 7.38. The van der Waals surface area contributed by atoms with E-state index in [-0.39, 0.29) is 21.7 Å². The first-order valence-electron chi connectivity index (χ1n) is 21.5. The highest BCUT2D eigenvalue weighted by atomic mass is 14.4. The van der Waals surface area contributed by atoms with Crippen LogP contribution in [0.25, 0.3) is 77.5 Å². The first kappa shape index (κ1) is 36.1. The summed E-state index contributed by atoms with van der Waals surface area (Å²) in [7, 11) is 0. The molecule has 0 nitrogen and oxygen atoms in total. The van der Waals surface area contributed by atoms with Crippen LogP contribution in [-0.4, -0.2) is 0 Å². The molecule has 0 bridgehead atoms. The molecule has 0 N–H and O–H groups in total. The molecule has 0 spiro atoms. The van der Waals surface area contributed by atoms with Gasteiger partial charge in [0.05, 0.1) is 0 Å². The van der Waals surface area contributed by atoms with Crippen molar-refractivity contribution in [1.82, 2.24) is 0 Å². The van der Waals surface area contributed by atoms with Gasteiger partial charge in [-0.25, -0.2) is 0 Å². The summed E-state index contributed by atoms with van der Waals surface area (Å²) < 4.78 is 0. The van der Waals surface area contributed by atoms with E-state index < -0.39 is 0 Å². The molecule has 0 heterocycles. The largest absolute Gasteiger partial charge is 0.0619 e. The van der Waals surface area contributed by atoms with Crippen LogP contribution in [0.4, 0.5) is 0 Å². The summed E-state index contributed by atoms with van der Waals surface area (Å²) in [4.78, 5) is 0. The summed E-state index contributed by atoms with van der Waals surface area (Å²) >= 11 is 0. The van der Waals surface area contributed by atoms with Crippen LogP contribution in [-0.2, 0) is 21.7 Å². The molecule has 3 aliphatic rings. The van der Waals surface area contributed by atoms with Gasteiger partial charge < -0.3 is 0 Å². The van der Waals surface area contributed by atoms with Gasteiger partial charge in [-0.15, -0.1) is 0 Å². The van der Waals surface area contributed by atoms with Gasteiger partial charge in [0.1, 0.15) is 0 Å². The number of hydrogen-bond donors (Lipinski definition) is 0. The quantitative estimate of drug-likeness (QED) is 0.168. The van der Waals surface area contributed by atoms with E-state index >= 15 is 0 Å². The van der Waals surface area contributed by atoms with Crippen molar-refractivity contribution >= 4 is 10.8 Å². The van der Waals surface area contributed by atoms with Gasteiger partial charge in [-0.05, 0) is 158 Å². The van der Waals surface area contributed by atoms with E-state index in [0.29, 0.717) is 0 Å². The number of fused-ring (bicyclic) bond motifs is 10. The van der Waals surface area contributed by atoms with Crippen molar-refractivity contribution in [2.24, 2.45) is 0 Å². The SMILES string of the molecule is CC(C)(C)c1ccc2cc(-c3ccc4c(c3)C(C)(C)c3cc(-c5ccc6c(c5)C(C)(C)c5cc(-c7ccc8c(c7)C(C)(C)c7ccccc7-8)ccc5-6)ccc3-4)ccc2c1. The lowest BCUT2D eigenvalue weighted by Gasteiger charge is -2.24. The molecule has 0 radical (unpaired) electrons. The van der Waals surface area contributed by atoms with Crippen molar-refractivity contribution in [2.75, 3.05) is 0 Å². The molecule has 288 valence electrons. The number of benzene rings is 8. The van der Waals surface area contributed by atoms with Crippen LogP contribution in [0.15, 0.2) is 152 Å². The van der Waals surface area contributed by atoms with Crippen LogP contribution in [0.2, 0.25) is 0 Å². The normalized spacial score (nSPS) is 15.9. The Balaban J connectivity index is 0.904. The summed E-state index contributed by atoms with van der Waals surface area (Å²) in [5, 5.41) is 2.59. The Bertz CT molecular complexity index is 3100. The second-order valence-electron chi connectivity index (χ2n) is 20.2. The van der Waals surface area contributed by atoms with Crippen molar-refractivity contribution in [3.05, 3.63) is 191 Å². The highest BCUT2D eigenvalue weighted by Gasteiger charge is 2.39. The number of rotatable bonds is 3. The minimum atomic E-state index is -0.122. The van der Waals surface area contributed by atoms with Crippen LogP contribution >= 0.6 is 0 Å². The summed E-state index contributed by atoms with van der Waals surface area (Å²) in [5.41, 5.74) is 25.6. The molecule has 0 amide bonds. The highest BCUT2D eigenvalue weighted by Crippen LogP contribution is 2.54. The molecule has 0 fully saturated rings. The molecular formula is C59H52. The average Bonchev–Trinajstić information content (AvgIpc) is 3.71. The van der Waals surface area contributed by atoms with Crippen LogP contribution < -0.4 is 0 Å². The fourth-order valence-electron chi connectivity index (χ4n) is 11.0. The predicted octanol–water partition coefficient (Wildman–Crippen LogP) is 16.1. The Morgan fingerprint density at radius 2 is 0.593 bits per heavy atom. The van der Waals surface area contributed by atoms with Crippen molar-refractivity contribution < 1.29 is 0 Å². The van der Waals surface area contributed by atoms with Gasteiger partial charge in [0.25, 0.3) is 0 Å². The van der Waals surface area contributed by atoms with Gasteiger partial charge >= 0.3 is 0 Å². The minimum absolute atomic E-state index is 0.0157. The van der Waals surface area contributed by atoms with Gasteiger partial charge in [0.2, 0.25) is 0 Å². The monoisotopic (exact) mass is 760 g/mol. The molecule has 0 saturated heterocycles. The summed E-state index contributed by atoms with van der Waals surface area (Å²) in [6.45, 7) is 21.2. The van der Waals surface area contributed by atoms with Gasteiger partial charge in [-0.1, -0.05) is 178 Å². The highest BCUT2D eigenvalue weighted by molar-refractivity contribution is 5.92. The topological polar surface area (TPSA) is 0 Å². The van der Waals surface area contributed by atoms with E-state index in [1.165, 1.54) is 116 Å². The van der Waals surface area contributed by atoms with E-state index in [0.717, 1.165) is 0 Å². The molecule has 8 aromatic carbocycles. The lowest BCUT2D eigenvalue weighted by molar-refractivity contribution is 0.591. The molecule has 0 aliphatic heterocycles. The molecule has 0 atom stereocenters. The second-order valence-corrected chi connectivity index (χ2v) is 20.2. The van der Waals surface area contributed by atoms with E-state index in [1.807, 2.05) is 0 Å². The Morgan fingerprint density at radius 3 is 1.00 bits per heavy atom. The third kappa shape index (κ3) is 5.21. The first-order valence-corrected chi connectivity index (χ1v) is 21.5. The van der Waals surface area contributed by atoms with Gasteiger partial charge in [-0.2, -0.15) is 0 Å². The molecule has 0 heteroatoms. The molecule has 8 aromatic rings. The zero-order chi connectivity index (χ0) is 40.8. The maximum atomic E-state index is 2.48. The second kappa shape index (κ2) is 12.0. The van der Waals surface area contributed by atoms with E-state index in [4.69, 9.17) is 0 Å². The first-order chi connectivity index (χ1) is 28.1. The maximum Gasteiger partial charge on any atom is 0.0159 e. The molecule has 0 aromatic heterocycles. The standard InChI is InChI=1S/C59H52/c1-56(2,3)43-22-16-36-28-35(14-15-37(36)29-43)38-17-24-46-47-26-20-41(33-53(47)58(6,7)52(46)30-38)42-21-27-49-48-25-19-40(32-54(48)59(8,9)55(49)34-42)39-18-23-45-44-12-10-11-13-50(44)57(4,5)51(45)31-39/h10-34H,1-9H3. The van der Waals surface area contributed by atoms with E-state index in [2.05, 4.69) is 214 Å². The fourth-order valence-corrected chi connectivity index (χ4v) is 11.0. The van der Waals surface area contributed by atoms with Crippen molar-refractivity contribution in [3.8, 4) is 66.8 Å². The maximum absolute atomic E-state index is 2.48. The third-order valence-electron chi connectivity index (χ3n) is 14.6. The molecule has 59 heavy (non-hydrogen) atoms. The van der Waals surface area contributed by atoms with Gasteiger partial charge in [-0.3, -0.25) is 0 Å². The summed E-state index contributed by atoms with van der Waals surface area (Å²) in [6, 6.07) is 58.6. The lowest BCUT2D eigenvalue weighted by Crippen LogP contribution is -2.16. The van der Waals surface area contributed by atoms with E-state index in [1.54, 1.807) is 0 Å². The zero-order valence-corrected chi connectivity index (χ0v) is 35.9. The average molecular weight is 761 g/mol. The lowest BCUT2D eigenvalue weighted by atomic mass is 9.79. The van der Waals surface area contributed by atoms with Gasteiger partial charge in [0.15, 0.2) is 0 Å². The van der Waals surface area contributed by atoms with Crippen LogP contribution in [0.5, 0.6) is 0 Å². The molecular weight excluding hydrogens is 709 g/mol. The molecule has 3 aliphatic carbocycles. The van der Waals surface area contributed by atoms with Crippen molar-refractivity contribution in [3.63, 3.8) is 0 Å². The van der Waals surface area contributed by atoms with Crippen molar-refractivity contribution in [1.29, 1.82) is 0 Å². The molecule has 0 unspecified atom stereocenters. The third-order valence-corrected chi connectivity index (χ3v) is 14.6. The van der Waals surface area contributed by atoms with Crippen molar-refractivity contribution in [2.45, 2.75) is 84.0 Å².